The minimum absolute atomic E-state index is 0.0885. The molecular formula is C7H11N3O2S. The van der Waals surface area contributed by atoms with Gasteiger partial charge in [-0.25, -0.2) is 18.4 Å². The molecule has 0 spiro atoms. The first-order valence-electron chi connectivity index (χ1n) is 3.76. The highest BCUT2D eigenvalue weighted by Gasteiger charge is 2.01. The molecule has 0 aromatic carbocycles. The van der Waals surface area contributed by atoms with E-state index in [1.807, 2.05) is 0 Å². The summed E-state index contributed by atoms with van der Waals surface area (Å²) in [6, 6.07) is 1.70. The smallest absolute Gasteiger partial charge is 0.222 e. The van der Waals surface area contributed by atoms with Crippen LogP contribution in [0.2, 0.25) is 0 Å². The van der Waals surface area contributed by atoms with Crippen LogP contribution < -0.4 is 5.32 Å². The lowest BCUT2D eigenvalue weighted by Gasteiger charge is -2.01. The zero-order valence-corrected chi connectivity index (χ0v) is 8.08. The standard InChI is InChI=1S/C7H11N3O2S/c1-13(11,12)6-5-10-7-8-3-2-4-9-7/h2-4H,5-6H2,1H3,(H,8,9,10). The predicted octanol–water partition coefficient (Wildman–Crippen LogP) is -0.0669. The molecule has 0 fully saturated rings. The van der Waals surface area contributed by atoms with Crippen molar-refractivity contribution in [1.29, 1.82) is 0 Å². The summed E-state index contributed by atoms with van der Waals surface area (Å²) < 4.78 is 21.5. The Balaban J connectivity index is 2.37. The maximum absolute atomic E-state index is 10.7. The van der Waals surface area contributed by atoms with E-state index in [2.05, 4.69) is 15.3 Å². The molecule has 0 radical (unpaired) electrons. The molecule has 1 N–H and O–H groups in total. The molecule has 1 heterocycles. The van der Waals surface area contributed by atoms with E-state index >= 15 is 0 Å². The van der Waals surface area contributed by atoms with Gasteiger partial charge in [0, 0.05) is 25.2 Å². The number of nitrogens with zero attached hydrogens (tertiary/aromatic N) is 2. The highest BCUT2D eigenvalue weighted by molar-refractivity contribution is 7.90. The maximum Gasteiger partial charge on any atom is 0.222 e. The summed E-state index contributed by atoms with van der Waals surface area (Å²) in [5.41, 5.74) is 0. The second-order valence-corrected chi connectivity index (χ2v) is 4.89. The fourth-order valence-electron chi connectivity index (χ4n) is 0.739. The van der Waals surface area contributed by atoms with Crippen LogP contribution in [0.1, 0.15) is 0 Å². The molecule has 0 aliphatic heterocycles. The topological polar surface area (TPSA) is 72.0 Å². The largest absolute Gasteiger partial charge is 0.353 e. The lowest BCUT2D eigenvalue weighted by molar-refractivity contribution is 0.602. The van der Waals surface area contributed by atoms with Crippen molar-refractivity contribution in [1.82, 2.24) is 9.97 Å². The molecular weight excluding hydrogens is 190 g/mol. The van der Waals surface area contributed by atoms with Gasteiger partial charge in [-0.05, 0) is 6.07 Å². The van der Waals surface area contributed by atoms with Crippen molar-refractivity contribution < 1.29 is 8.42 Å². The molecule has 0 atom stereocenters. The summed E-state index contributed by atoms with van der Waals surface area (Å²) in [7, 11) is -2.91. The zero-order chi connectivity index (χ0) is 9.73. The highest BCUT2D eigenvalue weighted by atomic mass is 32.2. The summed E-state index contributed by atoms with van der Waals surface area (Å²) in [4.78, 5) is 7.76. The Labute approximate surface area is 77.1 Å². The Morgan fingerprint density at radius 3 is 2.54 bits per heavy atom. The van der Waals surface area contributed by atoms with Crippen LogP contribution in [0.15, 0.2) is 18.5 Å². The molecule has 1 aromatic heterocycles. The molecule has 0 saturated carbocycles. The number of anilines is 1. The molecule has 0 amide bonds. The van der Waals surface area contributed by atoms with Crippen LogP contribution in [-0.4, -0.2) is 36.9 Å². The number of rotatable bonds is 4. The number of hydrogen-bond acceptors (Lipinski definition) is 5. The van der Waals surface area contributed by atoms with Crippen molar-refractivity contribution in [3.8, 4) is 0 Å². The summed E-state index contributed by atoms with van der Waals surface area (Å²) >= 11 is 0. The van der Waals surface area contributed by atoms with E-state index in [0.29, 0.717) is 12.5 Å². The molecule has 72 valence electrons. The van der Waals surface area contributed by atoms with Crippen molar-refractivity contribution in [3.63, 3.8) is 0 Å². The van der Waals surface area contributed by atoms with E-state index in [4.69, 9.17) is 0 Å². The normalized spacial score (nSPS) is 11.2. The first-order chi connectivity index (χ1) is 6.08. The van der Waals surface area contributed by atoms with Gasteiger partial charge in [0.1, 0.15) is 9.84 Å². The van der Waals surface area contributed by atoms with Gasteiger partial charge in [-0.1, -0.05) is 0 Å². The summed E-state index contributed by atoms with van der Waals surface area (Å²) in [5.74, 6) is 0.539. The fourth-order valence-corrected chi connectivity index (χ4v) is 1.21. The van der Waals surface area contributed by atoms with Crippen LogP contribution in [0.3, 0.4) is 0 Å². The summed E-state index contributed by atoms with van der Waals surface area (Å²) in [5, 5.41) is 2.80. The van der Waals surface area contributed by atoms with Crippen LogP contribution in [0.5, 0.6) is 0 Å². The van der Waals surface area contributed by atoms with E-state index in [9.17, 15) is 8.42 Å². The van der Waals surface area contributed by atoms with Gasteiger partial charge in [0.15, 0.2) is 0 Å². The van der Waals surface area contributed by atoms with E-state index in [1.54, 1.807) is 18.5 Å². The molecule has 13 heavy (non-hydrogen) atoms. The Hall–Kier alpha value is -1.17. The third-order valence-corrected chi connectivity index (χ3v) is 2.27. The molecule has 0 aliphatic carbocycles. The van der Waals surface area contributed by atoms with Crippen molar-refractivity contribution in [2.24, 2.45) is 0 Å². The molecule has 1 rings (SSSR count). The van der Waals surface area contributed by atoms with Gasteiger partial charge in [0.25, 0.3) is 0 Å². The minimum atomic E-state index is -2.91. The molecule has 5 nitrogen and oxygen atoms in total. The molecule has 0 bridgehead atoms. The highest BCUT2D eigenvalue weighted by Crippen LogP contribution is 1.93. The maximum atomic E-state index is 10.7. The Kier molecular flexibility index (Phi) is 3.18. The zero-order valence-electron chi connectivity index (χ0n) is 7.27. The average Bonchev–Trinajstić information content (AvgIpc) is 2.04. The number of aromatic nitrogens is 2. The lowest BCUT2D eigenvalue weighted by atomic mass is 10.6. The van der Waals surface area contributed by atoms with Gasteiger partial charge < -0.3 is 5.32 Å². The van der Waals surface area contributed by atoms with Gasteiger partial charge in [0.2, 0.25) is 5.95 Å². The van der Waals surface area contributed by atoms with Gasteiger partial charge >= 0.3 is 0 Å². The second kappa shape index (κ2) is 4.18. The molecule has 6 heteroatoms. The molecule has 0 saturated heterocycles. The Bertz CT molecular complexity index is 349. The first-order valence-corrected chi connectivity index (χ1v) is 5.82. The van der Waals surface area contributed by atoms with Gasteiger partial charge in [0.05, 0.1) is 5.75 Å². The van der Waals surface area contributed by atoms with Crippen molar-refractivity contribution >= 4 is 15.8 Å². The fraction of sp³-hybridized carbons (Fsp3) is 0.429. The molecule has 0 aliphatic rings. The quantitative estimate of drug-likeness (QED) is 0.738. The number of hydrogen-bond donors (Lipinski definition) is 1. The van der Waals surface area contributed by atoms with E-state index in [1.165, 1.54) is 6.26 Å². The number of sulfone groups is 1. The average molecular weight is 201 g/mol. The van der Waals surface area contributed by atoms with Crippen molar-refractivity contribution in [3.05, 3.63) is 18.5 Å². The van der Waals surface area contributed by atoms with Gasteiger partial charge in [-0.2, -0.15) is 0 Å². The lowest BCUT2D eigenvalue weighted by Crippen LogP contribution is -2.15. The van der Waals surface area contributed by atoms with E-state index in [0.717, 1.165) is 0 Å². The van der Waals surface area contributed by atoms with Crippen LogP contribution in [-0.2, 0) is 9.84 Å². The minimum Gasteiger partial charge on any atom is -0.353 e. The van der Waals surface area contributed by atoms with Crippen LogP contribution in [0.4, 0.5) is 5.95 Å². The first kappa shape index (κ1) is 9.91. The summed E-state index contributed by atoms with van der Waals surface area (Å²) in [6.07, 6.45) is 4.38. The van der Waals surface area contributed by atoms with Crippen LogP contribution in [0, 0.1) is 0 Å². The van der Waals surface area contributed by atoms with Crippen molar-refractivity contribution in [2.75, 3.05) is 23.9 Å². The van der Waals surface area contributed by atoms with E-state index in [-0.39, 0.29) is 5.75 Å². The predicted molar refractivity (Wildman–Crippen MR) is 50.2 cm³/mol. The monoisotopic (exact) mass is 201 g/mol. The van der Waals surface area contributed by atoms with Crippen LogP contribution in [0.25, 0.3) is 0 Å². The third kappa shape index (κ3) is 4.41. The van der Waals surface area contributed by atoms with Crippen molar-refractivity contribution in [2.45, 2.75) is 0 Å². The molecule has 1 aromatic rings. The van der Waals surface area contributed by atoms with Gasteiger partial charge in [-0.3, -0.25) is 0 Å². The summed E-state index contributed by atoms with van der Waals surface area (Å²) in [6.45, 7) is 0.336. The Morgan fingerprint density at radius 2 is 2.00 bits per heavy atom. The molecule has 0 unspecified atom stereocenters. The van der Waals surface area contributed by atoms with Gasteiger partial charge in [-0.15, -0.1) is 0 Å². The van der Waals surface area contributed by atoms with E-state index < -0.39 is 9.84 Å². The Morgan fingerprint density at radius 1 is 1.38 bits per heavy atom. The van der Waals surface area contributed by atoms with Crippen LogP contribution >= 0.6 is 0 Å². The number of nitrogens with one attached hydrogen (secondary N) is 1. The third-order valence-electron chi connectivity index (χ3n) is 1.32. The SMILES string of the molecule is CS(=O)(=O)CCNc1ncccn1. The second-order valence-electron chi connectivity index (χ2n) is 2.63.